The Morgan fingerprint density at radius 1 is 1.42 bits per heavy atom. The molecule has 1 atom stereocenters. The van der Waals surface area contributed by atoms with Crippen LogP contribution in [0, 0.1) is 12.8 Å². The lowest BCUT2D eigenvalue weighted by molar-refractivity contribution is 0.111. The highest BCUT2D eigenvalue weighted by molar-refractivity contribution is 7.17. The number of benzene rings is 1. The second-order valence-electron chi connectivity index (χ2n) is 6.59. The number of aldehydes is 1. The van der Waals surface area contributed by atoms with E-state index in [4.69, 9.17) is 9.72 Å². The van der Waals surface area contributed by atoms with Gasteiger partial charge in [0.05, 0.1) is 7.11 Å². The number of carbonyl (C=O) groups is 1. The lowest BCUT2D eigenvalue weighted by Gasteiger charge is -2.17. The molecule has 5 heteroatoms. The molecule has 2 heterocycles. The van der Waals surface area contributed by atoms with E-state index in [1.807, 2.05) is 25.1 Å². The van der Waals surface area contributed by atoms with Crippen molar-refractivity contribution in [2.24, 2.45) is 5.92 Å². The molecule has 3 aromatic rings. The van der Waals surface area contributed by atoms with Crippen LogP contribution in [-0.4, -0.2) is 22.8 Å². The first kappa shape index (κ1) is 15.4. The van der Waals surface area contributed by atoms with E-state index in [1.54, 1.807) is 18.4 Å². The Balaban J connectivity index is 1.89. The van der Waals surface area contributed by atoms with E-state index in [1.165, 1.54) is 17.0 Å². The Kier molecular flexibility index (Phi) is 3.68. The summed E-state index contributed by atoms with van der Waals surface area (Å²) in [5.41, 5.74) is 4.72. The summed E-state index contributed by atoms with van der Waals surface area (Å²) in [6.45, 7) is 4.29. The molecule has 0 spiro atoms. The fourth-order valence-electron chi connectivity index (χ4n) is 3.59. The Labute approximate surface area is 145 Å². The van der Waals surface area contributed by atoms with Gasteiger partial charge < -0.3 is 4.74 Å². The lowest BCUT2D eigenvalue weighted by Crippen LogP contribution is -2.11. The summed E-state index contributed by atoms with van der Waals surface area (Å²) in [4.78, 5) is 19.0. The molecule has 1 aliphatic carbocycles. The van der Waals surface area contributed by atoms with E-state index in [9.17, 15) is 4.79 Å². The van der Waals surface area contributed by atoms with Crippen molar-refractivity contribution in [3.8, 4) is 17.0 Å². The summed E-state index contributed by atoms with van der Waals surface area (Å²) in [6.07, 6.45) is 4.24. The van der Waals surface area contributed by atoms with Crippen molar-refractivity contribution in [1.82, 2.24) is 9.38 Å². The third-order valence-electron chi connectivity index (χ3n) is 4.88. The quantitative estimate of drug-likeness (QED) is 0.667. The standard InChI is InChI=1S/C19H20N2O2S/c1-11-4-6-14-17(8-11)24-19-20-18(15(10-22)21(14)19)13-5-7-16(23-3)12(2)9-13/h5,7,9-11H,4,6,8H2,1-3H3. The van der Waals surface area contributed by atoms with Gasteiger partial charge in [0.15, 0.2) is 11.2 Å². The molecule has 4 rings (SSSR count). The average molecular weight is 340 g/mol. The Morgan fingerprint density at radius 2 is 2.25 bits per heavy atom. The molecule has 1 aromatic carbocycles. The maximum absolute atomic E-state index is 11.9. The van der Waals surface area contributed by atoms with Crippen molar-refractivity contribution < 1.29 is 9.53 Å². The number of methoxy groups -OCH3 is 1. The zero-order chi connectivity index (χ0) is 16.8. The molecule has 0 bridgehead atoms. The van der Waals surface area contributed by atoms with E-state index < -0.39 is 0 Å². The SMILES string of the molecule is COc1ccc(-c2nc3sc4c(n3c2C=O)CCC(C)C4)cc1C. The molecular weight excluding hydrogens is 320 g/mol. The predicted molar refractivity (Wildman–Crippen MR) is 96.4 cm³/mol. The predicted octanol–water partition coefficient (Wildman–Crippen LogP) is 4.32. The second-order valence-corrected chi connectivity index (χ2v) is 7.65. The number of imidazole rings is 1. The van der Waals surface area contributed by atoms with E-state index in [0.29, 0.717) is 11.6 Å². The molecule has 0 saturated heterocycles. The van der Waals surface area contributed by atoms with Crippen molar-refractivity contribution in [3.63, 3.8) is 0 Å². The summed E-state index contributed by atoms with van der Waals surface area (Å²) in [7, 11) is 1.67. The molecule has 0 amide bonds. The van der Waals surface area contributed by atoms with E-state index in [-0.39, 0.29) is 0 Å². The van der Waals surface area contributed by atoms with Crippen molar-refractivity contribution in [1.29, 1.82) is 0 Å². The highest BCUT2D eigenvalue weighted by Gasteiger charge is 2.25. The topological polar surface area (TPSA) is 43.6 Å². The number of rotatable bonds is 3. The second kappa shape index (κ2) is 5.74. The van der Waals surface area contributed by atoms with Gasteiger partial charge in [0.2, 0.25) is 0 Å². The van der Waals surface area contributed by atoms with Crippen molar-refractivity contribution >= 4 is 22.6 Å². The van der Waals surface area contributed by atoms with Crippen LogP contribution in [0.4, 0.5) is 0 Å². The van der Waals surface area contributed by atoms with Crippen LogP contribution < -0.4 is 4.74 Å². The van der Waals surface area contributed by atoms with Gasteiger partial charge in [-0.15, -0.1) is 11.3 Å². The Morgan fingerprint density at radius 3 is 2.96 bits per heavy atom. The van der Waals surface area contributed by atoms with Gasteiger partial charge in [-0.1, -0.05) is 6.92 Å². The van der Waals surface area contributed by atoms with E-state index >= 15 is 0 Å². The largest absolute Gasteiger partial charge is 0.496 e. The van der Waals surface area contributed by atoms with Gasteiger partial charge in [-0.3, -0.25) is 9.20 Å². The van der Waals surface area contributed by atoms with Gasteiger partial charge in [0, 0.05) is 16.1 Å². The molecule has 124 valence electrons. The van der Waals surface area contributed by atoms with E-state index in [2.05, 4.69) is 11.3 Å². The Hall–Kier alpha value is -2.14. The molecule has 0 saturated carbocycles. The zero-order valence-electron chi connectivity index (χ0n) is 14.1. The van der Waals surface area contributed by atoms with Gasteiger partial charge in [-0.05, 0) is 55.9 Å². The van der Waals surface area contributed by atoms with Gasteiger partial charge in [0.25, 0.3) is 0 Å². The van der Waals surface area contributed by atoms with Crippen molar-refractivity contribution in [2.75, 3.05) is 7.11 Å². The van der Waals surface area contributed by atoms with Crippen LogP contribution in [0.3, 0.4) is 0 Å². The summed E-state index contributed by atoms with van der Waals surface area (Å²) in [5.74, 6) is 1.56. The fraction of sp³-hybridized carbons (Fsp3) is 0.368. The van der Waals surface area contributed by atoms with Crippen molar-refractivity contribution in [2.45, 2.75) is 33.1 Å². The number of hydrogen-bond acceptors (Lipinski definition) is 4. The number of nitrogens with zero attached hydrogens (tertiary/aromatic N) is 2. The number of thiazole rings is 1. The van der Waals surface area contributed by atoms with Gasteiger partial charge in [0.1, 0.15) is 17.1 Å². The Bertz CT molecular complexity index is 939. The minimum absolute atomic E-state index is 0.668. The third kappa shape index (κ3) is 2.26. The third-order valence-corrected chi connectivity index (χ3v) is 5.98. The van der Waals surface area contributed by atoms with Crippen LogP contribution in [0.5, 0.6) is 5.75 Å². The van der Waals surface area contributed by atoms with Crippen molar-refractivity contribution in [3.05, 3.63) is 40.0 Å². The van der Waals surface area contributed by atoms with Crippen LogP contribution in [0.1, 0.15) is 40.0 Å². The lowest BCUT2D eigenvalue weighted by atomic mass is 9.93. The number of aryl methyl sites for hydroxylation is 2. The summed E-state index contributed by atoms with van der Waals surface area (Å²) < 4.78 is 7.40. The monoisotopic (exact) mass is 340 g/mol. The summed E-state index contributed by atoms with van der Waals surface area (Å²) in [5, 5.41) is 0. The molecule has 0 fully saturated rings. The molecule has 2 aromatic heterocycles. The molecule has 24 heavy (non-hydrogen) atoms. The number of carbonyl (C=O) groups excluding carboxylic acids is 1. The molecule has 1 unspecified atom stereocenters. The first-order valence-electron chi connectivity index (χ1n) is 8.25. The molecule has 0 aliphatic heterocycles. The van der Waals surface area contributed by atoms with Crippen LogP contribution in [0.15, 0.2) is 18.2 Å². The summed E-state index contributed by atoms with van der Waals surface area (Å²) >= 11 is 1.73. The first-order valence-corrected chi connectivity index (χ1v) is 9.07. The van der Waals surface area contributed by atoms with Crippen LogP contribution >= 0.6 is 11.3 Å². The minimum Gasteiger partial charge on any atom is -0.496 e. The van der Waals surface area contributed by atoms with Gasteiger partial charge in [-0.25, -0.2) is 4.98 Å². The van der Waals surface area contributed by atoms with Gasteiger partial charge >= 0.3 is 0 Å². The van der Waals surface area contributed by atoms with Crippen LogP contribution in [0.2, 0.25) is 0 Å². The highest BCUT2D eigenvalue weighted by atomic mass is 32.1. The smallest absolute Gasteiger partial charge is 0.195 e. The molecule has 0 radical (unpaired) electrons. The van der Waals surface area contributed by atoms with Crippen LogP contribution in [-0.2, 0) is 12.8 Å². The number of hydrogen-bond donors (Lipinski definition) is 0. The number of aromatic nitrogens is 2. The molecule has 1 aliphatic rings. The van der Waals surface area contributed by atoms with E-state index in [0.717, 1.165) is 46.7 Å². The minimum atomic E-state index is 0.668. The maximum atomic E-state index is 11.9. The molecule has 0 N–H and O–H groups in total. The van der Waals surface area contributed by atoms with Gasteiger partial charge in [-0.2, -0.15) is 0 Å². The first-order chi connectivity index (χ1) is 11.6. The maximum Gasteiger partial charge on any atom is 0.195 e. The average Bonchev–Trinajstić information content (AvgIpc) is 3.09. The molecular formula is C19H20N2O2S. The highest BCUT2D eigenvalue weighted by Crippen LogP contribution is 2.36. The summed E-state index contributed by atoms with van der Waals surface area (Å²) in [6, 6.07) is 5.94. The number of fused-ring (bicyclic) bond motifs is 3. The molecule has 4 nitrogen and oxygen atoms in total. The van der Waals surface area contributed by atoms with Crippen LogP contribution in [0.25, 0.3) is 16.2 Å². The fourth-order valence-corrected chi connectivity index (χ4v) is 4.93. The zero-order valence-corrected chi connectivity index (χ0v) is 14.9. The number of ether oxygens (including phenoxy) is 1. The normalized spacial score (nSPS) is 17.0.